The quantitative estimate of drug-likeness (QED) is 0.800. The number of benzene rings is 2. The second-order valence-corrected chi connectivity index (χ2v) is 6.10. The molecule has 1 aliphatic carbocycles. The lowest BCUT2D eigenvalue weighted by atomic mass is 10.0. The lowest BCUT2D eigenvalue weighted by Crippen LogP contribution is -2.10. The summed E-state index contributed by atoms with van der Waals surface area (Å²) in [6.07, 6.45) is 1.79. The van der Waals surface area contributed by atoms with Crippen molar-refractivity contribution in [1.29, 1.82) is 0 Å². The molecule has 1 unspecified atom stereocenters. The molecule has 1 aliphatic rings. The van der Waals surface area contributed by atoms with Crippen molar-refractivity contribution in [1.82, 2.24) is 0 Å². The van der Waals surface area contributed by atoms with E-state index in [1.165, 1.54) is 17.7 Å². The van der Waals surface area contributed by atoms with Gasteiger partial charge >= 0.3 is 0 Å². The van der Waals surface area contributed by atoms with Crippen LogP contribution in [0.2, 0.25) is 0 Å². The highest BCUT2D eigenvalue weighted by Gasteiger charge is 2.24. The van der Waals surface area contributed by atoms with Crippen molar-refractivity contribution in [2.24, 2.45) is 0 Å². The van der Waals surface area contributed by atoms with Crippen molar-refractivity contribution in [2.75, 3.05) is 5.32 Å². The van der Waals surface area contributed by atoms with Crippen LogP contribution in [0, 0.1) is 18.6 Å². The Labute approximate surface area is 125 Å². The summed E-state index contributed by atoms with van der Waals surface area (Å²) in [5.74, 6) is -1.14. The highest BCUT2D eigenvalue weighted by Crippen LogP contribution is 2.36. The van der Waals surface area contributed by atoms with Crippen LogP contribution in [0.25, 0.3) is 0 Å². The highest BCUT2D eigenvalue weighted by molar-refractivity contribution is 9.10. The van der Waals surface area contributed by atoms with Crippen molar-refractivity contribution < 1.29 is 8.78 Å². The van der Waals surface area contributed by atoms with Crippen LogP contribution in [0.15, 0.2) is 34.8 Å². The average molecular weight is 338 g/mol. The molecule has 0 aliphatic heterocycles. The van der Waals surface area contributed by atoms with E-state index in [0.717, 1.165) is 24.0 Å². The van der Waals surface area contributed by atoms with Crippen molar-refractivity contribution in [2.45, 2.75) is 25.8 Å². The van der Waals surface area contributed by atoms with Crippen LogP contribution in [-0.2, 0) is 6.42 Å². The second kappa shape index (κ2) is 5.17. The third-order valence-corrected chi connectivity index (χ3v) is 4.16. The first-order valence-electron chi connectivity index (χ1n) is 6.55. The van der Waals surface area contributed by atoms with Gasteiger partial charge in [-0.15, -0.1) is 0 Å². The number of hydrogen-bond acceptors (Lipinski definition) is 1. The predicted molar refractivity (Wildman–Crippen MR) is 79.9 cm³/mol. The number of hydrogen-bond donors (Lipinski definition) is 1. The van der Waals surface area contributed by atoms with Gasteiger partial charge < -0.3 is 5.32 Å². The van der Waals surface area contributed by atoms with Crippen LogP contribution in [0.4, 0.5) is 14.5 Å². The number of anilines is 1. The largest absolute Gasteiger partial charge is 0.373 e. The van der Waals surface area contributed by atoms with Gasteiger partial charge in [0.15, 0.2) is 0 Å². The van der Waals surface area contributed by atoms with Gasteiger partial charge in [0, 0.05) is 4.47 Å². The standard InChI is InChI=1S/C16H14BrF2N/c1-9-2-3-10-4-5-15(12(10)6-9)20-16-13(18)7-11(17)8-14(16)19/h2-3,6-8,15,20H,4-5H2,1H3. The Bertz CT molecular complexity index is 647. The number of halogens is 3. The molecule has 2 aromatic carbocycles. The Morgan fingerprint density at radius 3 is 2.55 bits per heavy atom. The molecule has 4 heteroatoms. The molecule has 0 heterocycles. The number of aryl methyl sites for hydroxylation is 2. The van der Waals surface area contributed by atoms with E-state index in [9.17, 15) is 8.78 Å². The van der Waals surface area contributed by atoms with Gasteiger partial charge in [-0.1, -0.05) is 39.7 Å². The first-order valence-corrected chi connectivity index (χ1v) is 7.34. The van der Waals surface area contributed by atoms with Crippen molar-refractivity contribution in [3.8, 4) is 0 Å². The summed E-state index contributed by atoms with van der Waals surface area (Å²) in [4.78, 5) is 0. The topological polar surface area (TPSA) is 12.0 Å². The molecule has 1 atom stereocenters. The SMILES string of the molecule is Cc1ccc2c(c1)C(Nc1c(F)cc(Br)cc1F)CC2. The minimum atomic E-state index is -0.571. The molecule has 0 spiro atoms. The Morgan fingerprint density at radius 2 is 1.85 bits per heavy atom. The van der Waals surface area contributed by atoms with Crippen LogP contribution in [-0.4, -0.2) is 0 Å². The fourth-order valence-electron chi connectivity index (χ4n) is 2.73. The molecule has 2 aromatic rings. The molecule has 0 saturated heterocycles. The number of fused-ring (bicyclic) bond motifs is 1. The highest BCUT2D eigenvalue weighted by atomic mass is 79.9. The van der Waals surface area contributed by atoms with Crippen molar-refractivity contribution in [3.63, 3.8) is 0 Å². The summed E-state index contributed by atoms with van der Waals surface area (Å²) in [5, 5.41) is 3.02. The van der Waals surface area contributed by atoms with Crippen molar-refractivity contribution in [3.05, 3.63) is 63.1 Å². The maximum Gasteiger partial charge on any atom is 0.150 e. The molecule has 3 rings (SSSR count). The van der Waals surface area contributed by atoms with E-state index >= 15 is 0 Å². The fourth-order valence-corrected chi connectivity index (χ4v) is 3.13. The molecule has 0 aromatic heterocycles. The van der Waals surface area contributed by atoms with Crippen LogP contribution in [0.1, 0.15) is 29.2 Å². The summed E-state index contributed by atoms with van der Waals surface area (Å²) in [6, 6.07) is 8.78. The third kappa shape index (κ3) is 2.44. The van der Waals surface area contributed by atoms with Gasteiger partial charge in [0.2, 0.25) is 0 Å². The average Bonchev–Trinajstić information content (AvgIpc) is 2.76. The molecule has 0 radical (unpaired) electrons. The molecule has 0 amide bonds. The van der Waals surface area contributed by atoms with E-state index in [1.54, 1.807) is 0 Å². The van der Waals surface area contributed by atoms with Crippen LogP contribution in [0.5, 0.6) is 0 Å². The van der Waals surface area contributed by atoms with Gasteiger partial charge in [0.25, 0.3) is 0 Å². The van der Waals surface area contributed by atoms with Gasteiger partial charge in [-0.3, -0.25) is 0 Å². The summed E-state index contributed by atoms with van der Waals surface area (Å²) in [7, 11) is 0. The smallest absolute Gasteiger partial charge is 0.150 e. The summed E-state index contributed by atoms with van der Waals surface area (Å²) < 4.78 is 28.2. The lowest BCUT2D eigenvalue weighted by molar-refractivity contribution is 0.580. The van der Waals surface area contributed by atoms with Gasteiger partial charge in [-0.2, -0.15) is 0 Å². The minimum absolute atomic E-state index is 0.0323. The van der Waals surface area contributed by atoms with E-state index in [2.05, 4.69) is 39.4 Å². The molecule has 0 fully saturated rings. The summed E-state index contributed by atoms with van der Waals surface area (Å²) >= 11 is 3.09. The van der Waals surface area contributed by atoms with Crippen LogP contribution >= 0.6 is 15.9 Å². The maximum absolute atomic E-state index is 13.9. The molecule has 104 valence electrons. The molecule has 1 nitrogen and oxygen atoms in total. The van der Waals surface area contributed by atoms with E-state index in [4.69, 9.17) is 0 Å². The predicted octanol–water partition coefficient (Wildman–Crippen LogP) is 5.14. The Hall–Kier alpha value is -1.42. The van der Waals surface area contributed by atoms with Crippen LogP contribution in [0.3, 0.4) is 0 Å². The molecule has 0 bridgehead atoms. The van der Waals surface area contributed by atoms with E-state index in [-0.39, 0.29) is 11.7 Å². The Kier molecular flexibility index (Phi) is 3.50. The molecular weight excluding hydrogens is 324 g/mol. The minimum Gasteiger partial charge on any atom is -0.373 e. The van der Waals surface area contributed by atoms with Gasteiger partial charge in [0.1, 0.15) is 17.3 Å². The van der Waals surface area contributed by atoms with Gasteiger partial charge in [-0.05, 0) is 43.0 Å². The van der Waals surface area contributed by atoms with Crippen molar-refractivity contribution >= 4 is 21.6 Å². The van der Waals surface area contributed by atoms with E-state index < -0.39 is 11.6 Å². The monoisotopic (exact) mass is 337 g/mol. The van der Waals surface area contributed by atoms with Gasteiger partial charge in [0.05, 0.1) is 6.04 Å². The Morgan fingerprint density at radius 1 is 1.15 bits per heavy atom. The molecule has 20 heavy (non-hydrogen) atoms. The lowest BCUT2D eigenvalue weighted by Gasteiger charge is -2.17. The van der Waals surface area contributed by atoms with E-state index in [0.29, 0.717) is 4.47 Å². The zero-order chi connectivity index (χ0) is 14.3. The summed E-state index contributed by atoms with van der Waals surface area (Å²) in [5.41, 5.74) is 3.51. The van der Waals surface area contributed by atoms with E-state index in [1.807, 2.05) is 6.92 Å². The van der Waals surface area contributed by atoms with Crippen LogP contribution < -0.4 is 5.32 Å². The second-order valence-electron chi connectivity index (χ2n) is 5.18. The zero-order valence-electron chi connectivity index (χ0n) is 11.0. The first-order chi connectivity index (χ1) is 9.54. The van der Waals surface area contributed by atoms with Gasteiger partial charge in [-0.25, -0.2) is 8.78 Å². The number of nitrogens with one attached hydrogen (secondary N) is 1. The fraction of sp³-hybridized carbons (Fsp3) is 0.250. The Balaban J connectivity index is 1.93. The third-order valence-electron chi connectivity index (χ3n) is 3.70. The zero-order valence-corrected chi connectivity index (χ0v) is 12.6. The maximum atomic E-state index is 13.9. The summed E-state index contributed by atoms with van der Waals surface area (Å²) in [6.45, 7) is 2.02. The number of rotatable bonds is 2. The molecule has 0 saturated carbocycles. The first kappa shape index (κ1) is 13.6. The molecular formula is C16H14BrF2N. The normalized spacial score (nSPS) is 17.1. The molecule has 1 N–H and O–H groups in total.